The van der Waals surface area contributed by atoms with Crippen molar-refractivity contribution in [3.8, 4) is 11.3 Å². The van der Waals surface area contributed by atoms with Crippen LogP contribution in [0.2, 0.25) is 0 Å². The van der Waals surface area contributed by atoms with Crippen LogP contribution in [0.1, 0.15) is 18.3 Å². The van der Waals surface area contributed by atoms with E-state index in [9.17, 15) is 13.2 Å². The lowest BCUT2D eigenvalue weighted by Crippen LogP contribution is -2.04. The smallest absolute Gasteiger partial charge is 0.383 e. The van der Waals surface area contributed by atoms with Crippen molar-refractivity contribution in [2.45, 2.75) is 19.5 Å². The minimum Gasteiger partial charge on any atom is -0.383 e. The average molecular weight is 269 g/mol. The number of hydrogen-bond donors (Lipinski definition) is 1. The number of hydrogen-bond acceptors (Lipinski definition) is 2. The molecule has 2 N–H and O–H groups in total. The molecule has 2 rings (SSSR count). The van der Waals surface area contributed by atoms with Crippen molar-refractivity contribution in [2.24, 2.45) is 7.05 Å². The molecule has 0 amide bonds. The molecular formula is C13H14F3N3. The van der Waals surface area contributed by atoms with Crippen LogP contribution in [-0.2, 0) is 19.6 Å². The van der Waals surface area contributed by atoms with Crippen LogP contribution < -0.4 is 5.73 Å². The molecule has 0 saturated carbocycles. The van der Waals surface area contributed by atoms with Gasteiger partial charge in [-0.2, -0.15) is 13.2 Å². The maximum absolute atomic E-state index is 12.5. The lowest BCUT2D eigenvalue weighted by atomic mass is 10.1. The third kappa shape index (κ3) is 2.43. The summed E-state index contributed by atoms with van der Waals surface area (Å²) < 4.78 is 39.2. The highest BCUT2D eigenvalue weighted by molar-refractivity contribution is 5.71. The molecule has 0 aliphatic carbocycles. The van der Waals surface area contributed by atoms with Crippen LogP contribution in [0.25, 0.3) is 11.3 Å². The van der Waals surface area contributed by atoms with Gasteiger partial charge in [0.1, 0.15) is 17.3 Å². The number of alkyl halides is 3. The van der Waals surface area contributed by atoms with Crippen molar-refractivity contribution in [3.05, 3.63) is 35.7 Å². The van der Waals surface area contributed by atoms with Gasteiger partial charge in [0.25, 0.3) is 0 Å². The fraction of sp³-hybridized carbons (Fsp3) is 0.308. The van der Waals surface area contributed by atoms with Gasteiger partial charge in [0.05, 0.1) is 5.56 Å². The summed E-state index contributed by atoms with van der Waals surface area (Å²) >= 11 is 0. The Morgan fingerprint density at radius 2 is 1.79 bits per heavy atom. The van der Waals surface area contributed by atoms with Gasteiger partial charge < -0.3 is 10.3 Å². The Labute approximate surface area is 108 Å². The van der Waals surface area contributed by atoms with E-state index in [1.54, 1.807) is 11.6 Å². The van der Waals surface area contributed by atoms with Crippen LogP contribution in [0.5, 0.6) is 0 Å². The molecule has 1 aromatic heterocycles. The maximum Gasteiger partial charge on any atom is 0.416 e. The summed E-state index contributed by atoms with van der Waals surface area (Å²) in [4.78, 5) is 4.35. The van der Waals surface area contributed by atoms with E-state index in [-0.39, 0.29) is 0 Å². The fourth-order valence-electron chi connectivity index (χ4n) is 1.90. The highest BCUT2D eigenvalue weighted by Gasteiger charge is 2.30. The predicted molar refractivity (Wildman–Crippen MR) is 67.4 cm³/mol. The summed E-state index contributed by atoms with van der Waals surface area (Å²) in [6, 6.07) is 4.85. The number of imidazole rings is 1. The maximum atomic E-state index is 12.5. The Morgan fingerprint density at radius 1 is 1.21 bits per heavy atom. The normalized spacial score (nSPS) is 11.8. The topological polar surface area (TPSA) is 43.8 Å². The number of aromatic nitrogens is 2. The van der Waals surface area contributed by atoms with E-state index >= 15 is 0 Å². The van der Waals surface area contributed by atoms with Gasteiger partial charge in [0.15, 0.2) is 0 Å². The molecule has 0 fully saturated rings. The molecule has 1 aromatic carbocycles. The van der Waals surface area contributed by atoms with E-state index in [2.05, 4.69) is 4.98 Å². The van der Waals surface area contributed by atoms with Crippen LogP contribution in [0.4, 0.5) is 19.0 Å². The summed E-state index contributed by atoms with van der Waals surface area (Å²) in [5, 5.41) is 0. The zero-order valence-corrected chi connectivity index (χ0v) is 10.6. The number of halogens is 3. The molecule has 0 unspecified atom stereocenters. The van der Waals surface area contributed by atoms with Gasteiger partial charge in [0.2, 0.25) is 0 Å². The van der Waals surface area contributed by atoms with Gasteiger partial charge in [-0.25, -0.2) is 4.98 Å². The highest BCUT2D eigenvalue weighted by atomic mass is 19.4. The first-order valence-electron chi connectivity index (χ1n) is 5.83. The fourth-order valence-corrected chi connectivity index (χ4v) is 1.90. The van der Waals surface area contributed by atoms with Gasteiger partial charge in [0, 0.05) is 19.0 Å². The van der Waals surface area contributed by atoms with E-state index in [0.717, 1.165) is 18.0 Å². The number of nitrogen functional groups attached to an aromatic ring is 1. The summed E-state index contributed by atoms with van der Waals surface area (Å²) in [5.41, 5.74) is 6.34. The number of nitrogens with two attached hydrogens (primary N) is 1. The van der Waals surface area contributed by atoms with Crippen LogP contribution >= 0.6 is 0 Å². The third-order valence-corrected chi connectivity index (χ3v) is 3.03. The average Bonchev–Trinajstić information content (AvgIpc) is 2.65. The van der Waals surface area contributed by atoms with Gasteiger partial charge in [-0.05, 0) is 12.1 Å². The molecule has 0 spiro atoms. The van der Waals surface area contributed by atoms with Crippen molar-refractivity contribution in [1.29, 1.82) is 0 Å². The van der Waals surface area contributed by atoms with Crippen LogP contribution in [0, 0.1) is 0 Å². The van der Waals surface area contributed by atoms with Crippen molar-refractivity contribution in [3.63, 3.8) is 0 Å². The first kappa shape index (κ1) is 13.5. The Morgan fingerprint density at radius 3 is 2.21 bits per heavy atom. The summed E-state index contributed by atoms with van der Waals surface area (Å²) in [5.74, 6) is 1.25. The van der Waals surface area contributed by atoms with Crippen LogP contribution in [0.15, 0.2) is 24.3 Å². The Hall–Kier alpha value is -1.98. The zero-order chi connectivity index (χ0) is 14.2. The molecular weight excluding hydrogens is 255 g/mol. The van der Waals surface area contributed by atoms with Crippen molar-refractivity contribution < 1.29 is 13.2 Å². The van der Waals surface area contributed by atoms with Crippen LogP contribution in [-0.4, -0.2) is 9.55 Å². The number of benzene rings is 1. The van der Waals surface area contributed by atoms with E-state index in [1.807, 2.05) is 6.92 Å². The first-order chi connectivity index (χ1) is 8.84. The van der Waals surface area contributed by atoms with Crippen molar-refractivity contribution >= 4 is 5.82 Å². The molecule has 0 aliphatic rings. The van der Waals surface area contributed by atoms with Gasteiger partial charge in [-0.1, -0.05) is 19.1 Å². The summed E-state index contributed by atoms with van der Waals surface area (Å²) in [7, 11) is 1.79. The Balaban J connectivity index is 2.43. The minimum atomic E-state index is -4.33. The van der Waals surface area contributed by atoms with Gasteiger partial charge in [-0.15, -0.1) is 0 Å². The Bertz CT molecular complexity index is 582. The number of aryl methyl sites for hydroxylation is 1. The van der Waals surface area contributed by atoms with Crippen molar-refractivity contribution in [2.75, 3.05) is 5.73 Å². The van der Waals surface area contributed by atoms with Gasteiger partial charge >= 0.3 is 6.18 Å². The quantitative estimate of drug-likeness (QED) is 0.909. The van der Waals surface area contributed by atoms with Crippen LogP contribution in [0.3, 0.4) is 0 Å². The second kappa shape index (κ2) is 4.60. The molecule has 19 heavy (non-hydrogen) atoms. The molecule has 0 radical (unpaired) electrons. The number of nitrogens with zero attached hydrogens (tertiary/aromatic N) is 2. The molecule has 0 aliphatic heterocycles. The molecule has 0 atom stereocenters. The van der Waals surface area contributed by atoms with E-state index in [1.165, 1.54) is 12.1 Å². The summed E-state index contributed by atoms with van der Waals surface area (Å²) in [6.45, 7) is 1.94. The second-order valence-corrected chi connectivity index (χ2v) is 4.25. The Kier molecular flexibility index (Phi) is 3.26. The highest BCUT2D eigenvalue weighted by Crippen LogP contribution is 2.32. The van der Waals surface area contributed by atoms with E-state index in [4.69, 9.17) is 5.73 Å². The number of anilines is 1. The largest absolute Gasteiger partial charge is 0.416 e. The van der Waals surface area contributed by atoms with E-state index in [0.29, 0.717) is 23.5 Å². The summed E-state index contributed by atoms with van der Waals surface area (Å²) in [6.07, 6.45) is -3.62. The predicted octanol–water partition coefficient (Wildman–Crippen LogP) is 3.25. The van der Waals surface area contributed by atoms with Crippen molar-refractivity contribution in [1.82, 2.24) is 9.55 Å². The minimum absolute atomic E-state index is 0.455. The second-order valence-electron chi connectivity index (χ2n) is 4.25. The zero-order valence-electron chi connectivity index (χ0n) is 10.6. The standard InChI is InChI=1S/C13H14F3N3/c1-3-10-18-11(12(17)19(10)2)8-4-6-9(7-5-8)13(14,15)16/h4-7H,3,17H2,1-2H3. The molecule has 6 heteroatoms. The molecule has 0 saturated heterocycles. The molecule has 0 bridgehead atoms. The lowest BCUT2D eigenvalue weighted by Gasteiger charge is -2.07. The monoisotopic (exact) mass is 269 g/mol. The van der Waals surface area contributed by atoms with Gasteiger partial charge in [-0.3, -0.25) is 0 Å². The molecule has 102 valence electrons. The number of rotatable bonds is 2. The third-order valence-electron chi connectivity index (χ3n) is 3.03. The molecule has 1 heterocycles. The first-order valence-corrected chi connectivity index (χ1v) is 5.83. The molecule has 2 aromatic rings. The lowest BCUT2D eigenvalue weighted by molar-refractivity contribution is -0.137. The SMILES string of the molecule is CCc1nc(-c2ccc(C(F)(F)F)cc2)c(N)n1C. The molecule has 3 nitrogen and oxygen atoms in total. The van der Waals surface area contributed by atoms with E-state index < -0.39 is 11.7 Å².